The van der Waals surface area contributed by atoms with Gasteiger partial charge in [-0.1, -0.05) is 0 Å². The summed E-state index contributed by atoms with van der Waals surface area (Å²) in [6.45, 7) is 3.80. The lowest BCUT2D eigenvalue weighted by Crippen LogP contribution is -2.36. The van der Waals surface area contributed by atoms with E-state index in [-0.39, 0.29) is 17.8 Å². The van der Waals surface area contributed by atoms with Crippen LogP contribution in [-0.4, -0.2) is 28.9 Å². The van der Waals surface area contributed by atoms with Crippen LogP contribution in [0.25, 0.3) is 0 Å². The zero-order chi connectivity index (χ0) is 13.0. The Labute approximate surface area is 99.4 Å². The van der Waals surface area contributed by atoms with Gasteiger partial charge >= 0.3 is 6.03 Å². The van der Waals surface area contributed by atoms with E-state index in [0.717, 1.165) is 0 Å². The second-order valence-electron chi connectivity index (χ2n) is 3.94. The van der Waals surface area contributed by atoms with Crippen molar-refractivity contribution in [3.8, 4) is 0 Å². The van der Waals surface area contributed by atoms with Crippen LogP contribution in [0.1, 0.15) is 13.8 Å². The maximum atomic E-state index is 11.7. The number of benzene rings is 1. The molecule has 1 N–H and O–H groups in total. The lowest BCUT2D eigenvalue weighted by atomic mass is 10.3. The van der Waals surface area contributed by atoms with Crippen molar-refractivity contribution in [3.05, 3.63) is 34.4 Å². The number of urea groups is 1. The van der Waals surface area contributed by atoms with Gasteiger partial charge in [-0.3, -0.25) is 10.1 Å². The number of rotatable bonds is 3. The molecule has 0 aliphatic heterocycles. The second kappa shape index (κ2) is 5.29. The third kappa shape index (κ3) is 3.44. The van der Waals surface area contributed by atoms with Crippen molar-refractivity contribution in [1.82, 2.24) is 4.90 Å². The van der Waals surface area contributed by atoms with E-state index in [1.165, 1.54) is 24.3 Å². The van der Waals surface area contributed by atoms with Crippen LogP contribution in [0, 0.1) is 10.1 Å². The van der Waals surface area contributed by atoms with E-state index in [1.54, 1.807) is 11.9 Å². The third-order valence-corrected chi connectivity index (χ3v) is 2.42. The number of hydrogen-bond acceptors (Lipinski definition) is 3. The topological polar surface area (TPSA) is 75.5 Å². The summed E-state index contributed by atoms with van der Waals surface area (Å²) < 4.78 is 0. The zero-order valence-corrected chi connectivity index (χ0v) is 10.0. The number of hydrogen-bond donors (Lipinski definition) is 1. The molecule has 0 aliphatic carbocycles. The molecule has 0 unspecified atom stereocenters. The molecule has 0 fully saturated rings. The summed E-state index contributed by atoms with van der Waals surface area (Å²) in [5.74, 6) is 0. The van der Waals surface area contributed by atoms with Crippen LogP contribution in [0.4, 0.5) is 16.2 Å². The number of nitro groups is 1. The van der Waals surface area contributed by atoms with E-state index in [4.69, 9.17) is 0 Å². The first-order chi connectivity index (χ1) is 7.91. The first kappa shape index (κ1) is 13.0. The Morgan fingerprint density at radius 3 is 2.29 bits per heavy atom. The standard InChI is InChI=1S/C11H15N3O3/c1-8(2)13(3)11(15)12-9-4-6-10(7-5-9)14(16)17/h4-8H,1-3H3,(H,12,15). The van der Waals surface area contributed by atoms with Crippen LogP contribution in [-0.2, 0) is 0 Å². The summed E-state index contributed by atoms with van der Waals surface area (Å²) in [6, 6.07) is 5.56. The number of carbonyl (C=O) groups is 1. The second-order valence-corrected chi connectivity index (χ2v) is 3.94. The molecule has 92 valence electrons. The Hall–Kier alpha value is -2.11. The summed E-state index contributed by atoms with van der Waals surface area (Å²) in [7, 11) is 1.69. The Morgan fingerprint density at radius 1 is 1.35 bits per heavy atom. The van der Waals surface area contributed by atoms with Gasteiger partial charge in [-0.25, -0.2) is 4.79 Å². The summed E-state index contributed by atoms with van der Waals surface area (Å²) in [6.07, 6.45) is 0. The van der Waals surface area contributed by atoms with Gasteiger partial charge in [0.15, 0.2) is 0 Å². The summed E-state index contributed by atoms with van der Waals surface area (Å²) in [4.78, 5) is 23.2. The van der Waals surface area contributed by atoms with Gasteiger partial charge in [-0.15, -0.1) is 0 Å². The van der Waals surface area contributed by atoms with Gasteiger partial charge in [-0.2, -0.15) is 0 Å². The van der Waals surface area contributed by atoms with Crippen molar-refractivity contribution in [2.45, 2.75) is 19.9 Å². The predicted molar refractivity (Wildman–Crippen MR) is 65.0 cm³/mol. The average molecular weight is 237 g/mol. The monoisotopic (exact) mass is 237 g/mol. The van der Waals surface area contributed by atoms with E-state index < -0.39 is 4.92 Å². The zero-order valence-electron chi connectivity index (χ0n) is 10.0. The highest BCUT2D eigenvalue weighted by Gasteiger charge is 2.12. The van der Waals surface area contributed by atoms with E-state index in [1.807, 2.05) is 13.8 Å². The molecule has 0 radical (unpaired) electrons. The van der Waals surface area contributed by atoms with Crippen LogP contribution < -0.4 is 5.32 Å². The van der Waals surface area contributed by atoms with Crippen molar-refractivity contribution in [1.29, 1.82) is 0 Å². The molecule has 0 bridgehead atoms. The van der Waals surface area contributed by atoms with E-state index in [2.05, 4.69) is 5.32 Å². The van der Waals surface area contributed by atoms with Crippen LogP contribution in [0.15, 0.2) is 24.3 Å². The molecule has 0 saturated carbocycles. The van der Waals surface area contributed by atoms with Crippen molar-refractivity contribution < 1.29 is 9.72 Å². The third-order valence-electron chi connectivity index (χ3n) is 2.42. The lowest BCUT2D eigenvalue weighted by molar-refractivity contribution is -0.384. The molecule has 1 rings (SSSR count). The Balaban J connectivity index is 2.70. The van der Waals surface area contributed by atoms with Crippen LogP contribution in [0.2, 0.25) is 0 Å². The molecular formula is C11H15N3O3. The van der Waals surface area contributed by atoms with Crippen LogP contribution in [0.5, 0.6) is 0 Å². The molecule has 0 aliphatic rings. The molecule has 0 atom stereocenters. The van der Waals surface area contributed by atoms with Crippen molar-refractivity contribution in [3.63, 3.8) is 0 Å². The van der Waals surface area contributed by atoms with E-state index in [9.17, 15) is 14.9 Å². The normalized spacial score (nSPS) is 10.1. The van der Waals surface area contributed by atoms with Crippen LogP contribution >= 0.6 is 0 Å². The molecule has 0 aromatic heterocycles. The van der Waals surface area contributed by atoms with Gasteiger partial charge < -0.3 is 10.2 Å². The molecule has 6 heteroatoms. The maximum Gasteiger partial charge on any atom is 0.321 e. The number of nitrogens with one attached hydrogen (secondary N) is 1. The highest BCUT2D eigenvalue weighted by Crippen LogP contribution is 2.15. The largest absolute Gasteiger partial charge is 0.325 e. The Bertz CT molecular complexity index is 414. The number of carbonyl (C=O) groups excluding carboxylic acids is 1. The SMILES string of the molecule is CC(C)N(C)C(=O)Nc1ccc([N+](=O)[O-])cc1. The molecule has 17 heavy (non-hydrogen) atoms. The van der Waals surface area contributed by atoms with E-state index in [0.29, 0.717) is 5.69 Å². The fourth-order valence-electron chi connectivity index (χ4n) is 1.11. The minimum absolute atomic E-state index is 0.000197. The molecule has 2 amide bonds. The fourth-order valence-corrected chi connectivity index (χ4v) is 1.11. The number of nitro benzene ring substituents is 1. The number of amides is 2. The molecule has 1 aromatic carbocycles. The van der Waals surface area contributed by atoms with Crippen molar-refractivity contribution in [2.24, 2.45) is 0 Å². The quantitative estimate of drug-likeness (QED) is 0.648. The molecule has 1 aromatic rings. The minimum atomic E-state index is -0.480. The molecule has 0 heterocycles. The highest BCUT2D eigenvalue weighted by atomic mass is 16.6. The van der Waals surface area contributed by atoms with Gasteiger partial charge in [0.2, 0.25) is 0 Å². The summed E-state index contributed by atoms with van der Waals surface area (Å²) in [5.41, 5.74) is 0.535. The van der Waals surface area contributed by atoms with Gasteiger partial charge in [0.25, 0.3) is 5.69 Å². The van der Waals surface area contributed by atoms with Gasteiger partial charge in [0.05, 0.1) is 4.92 Å². The first-order valence-corrected chi connectivity index (χ1v) is 5.20. The summed E-state index contributed by atoms with van der Waals surface area (Å²) in [5, 5.41) is 13.1. The lowest BCUT2D eigenvalue weighted by Gasteiger charge is -2.21. The van der Waals surface area contributed by atoms with Gasteiger partial charge in [0.1, 0.15) is 0 Å². The first-order valence-electron chi connectivity index (χ1n) is 5.20. The van der Waals surface area contributed by atoms with Crippen molar-refractivity contribution >= 4 is 17.4 Å². The number of nitrogens with zero attached hydrogens (tertiary/aromatic N) is 2. The minimum Gasteiger partial charge on any atom is -0.325 e. The van der Waals surface area contributed by atoms with Crippen LogP contribution in [0.3, 0.4) is 0 Å². The van der Waals surface area contributed by atoms with Crippen molar-refractivity contribution in [2.75, 3.05) is 12.4 Å². The molecule has 6 nitrogen and oxygen atoms in total. The number of anilines is 1. The maximum absolute atomic E-state index is 11.7. The molecular weight excluding hydrogens is 222 g/mol. The van der Waals surface area contributed by atoms with Gasteiger partial charge in [0, 0.05) is 30.9 Å². The van der Waals surface area contributed by atoms with E-state index >= 15 is 0 Å². The fraction of sp³-hybridized carbons (Fsp3) is 0.364. The average Bonchev–Trinajstić information content (AvgIpc) is 2.28. The smallest absolute Gasteiger partial charge is 0.321 e. The Morgan fingerprint density at radius 2 is 1.88 bits per heavy atom. The van der Waals surface area contributed by atoms with Gasteiger partial charge in [-0.05, 0) is 26.0 Å². The predicted octanol–water partition coefficient (Wildman–Crippen LogP) is 2.47. The highest BCUT2D eigenvalue weighted by molar-refractivity contribution is 5.89. The molecule has 0 spiro atoms. The number of non-ortho nitro benzene ring substituents is 1. The molecule has 0 saturated heterocycles. The Kier molecular flexibility index (Phi) is 4.03. The summed E-state index contributed by atoms with van der Waals surface area (Å²) >= 11 is 0.